The maximum Gasteiger partial charge on any atom is 0.305 e. The number of nitrogens with zero attached hydrogens (tertiary/aromatic N) is 2. The van der Waals surface area contributed by atoms with Crippen LogP contribution in [0.1, 0.15) is 46.2 Å². The van der Waals surface area contributed by atoms with Crippen molar-refractivity contribution < 1.29 is 28.6 Å². The number of Topliss-reactive ketones (excluding diaryl/α,β-unsaturated/α-hetero) is 1. The number of halogens is 1. The number of aromatic nitrogens is 1. The van der Waals surface area contributed by atoms with Gasteiger partial charge in [-0.05, 0) is 37.6 Å². The molecule has 11 heteroatoms. The summed E-state index contributed by atoms with van der Waals surface area (Å²) >= 11 is 0. The minimum Gasteiger partial charge on any atom is -0.503 e. The maximum absolute atomic E-state index is 13.2. The largest absolute Gasteiger partial charge is 0.503 e. The Balaban J connectivity index is 1.52. The molecule has 1 saturated heterocycles. The predicted octanol–water partition coefficient (Wildman–Crippen LogP) is 0.805. The van der Waals surface area contributed by atoms with Crippen LogP contribution < -0.4 is 16.1 Å². The Bertz CT molecular complexity index is 1210. The molecule has 2 aromatic rings. The molecule has 4 rings (SSSR count). The highest BCUT2D eigenvalue weighted by Gasteiger charge is 2.42. The molecule has 0 bridgehead atoms. The third kappa shape index (κ3) is 5.31. The monoisotopic (exact) mass is 500 g/mol. The Morgan fingerprint density at radius 2 is 2.00 bits per heavy atom. The first kappa shape index (κ1) is 25.5. The summed E-state index contributed by atoms with van der Waals surface area (Å²) < 4.78 is 19.5. The van der Waals surface area contributed by atoms with Crippen molar-refractivity contribution in [1.29, 1.82) is 0 Å². The number of hydrogen-bond donors (Lipinski definition) is 3. The number of piperazine rings is 1. The Labute approximate surface area is 207 Å². The lowest BCUT2D eigenvalue weighted by Gasteiger charge is -2.44. The molecule has 1 amide bonds. The molecule has 1 aromatic carbocycles. The number of pyridine rings is 1. The summed E-state index contributed by atoms with van der Waals surface area (Å²) in [7, 11) is 0. The zero-order valence-corrected chi connectivity index (χ0v) is 20.0. The zero-order valence-electron chi connectivity index (χ0n) is 20.0. The van der Waals surface area contributed by atoms with Crippen LogP contribution in [-0.2, 0) is 22.6 Å². The molecule has 10 nitrogen and oxygen atoms in total. The van der Waals surface area contributed by atoms with E-state index in [1.54, 1.807) is 6.92 Å². The van der Waals surface area contributed by atoms with Gasteiger partial charge in [0.05, 0.1) is 18.7 Å². The van der Waals surface area contributed by atoms with Crippen molar-refractivity contribution in [1.82, 2.24) is 20.1 Å². The van der Waals surface area contributed by atoms with Gasteiger partial charge < -0.3 is 25.0 Å². The van der Waals surface area contributed by atoms with Crippen molar-refractivity contribution in [2.45, 2.75) is 44.9 Å². The molecule has 1 fully saturated rings. The predicted molar refractivity (Wildman–Crippen MR) is 127 cm³/mol. The molecule has 2 atom stereocenters. The molecule has 0 saturated carbocycles. The quantitative estimate of drug-likeness (QED) is 0.454. The van der Waals surface area contributed by atoms with Crippen molar-refractivity contribution in [3.05, 3.63) is 63.3 Å². The summed E-state index contributed by atoms with van der Waals surface area (Å²) in [6, 6.07) is 4.65. The molecule has 36 heavy (non-hydrogen) atoms. The standard InChI is InChI=1S/C25H29FN4O6/c1-2-36-19(31)4-3-10-29-11-9-27-20-18(29)14-30-13-17(22(32)24(34)21(30)23(20)33)25(35)28-12-15-5-7-16(26)8-6-15/h5-8,13,18,20,27,34H,2-4,9-12,14H2,1H3,(H,28,35). The minimum atomic E-state index is -0.924. The van der Waals surface area contributed by atoms with Gasteiger partial charge in [-0.1, -0.05) is 12.1 Å². The van der Waals surface area contributed by atoms with Gasteiger partial charge in [0.1, 0.15) is 17.1 Å². The molecular weight excluding hydrogens is 471 g/mol. The van der Waals surface area contributed by atoms with E-state index in [0.29, 0.717) is 38.2 Å². The third-order valence-corrected chi connectivity index (χ3v) is 6.52. The number of ether oxygens (including phenoxy) is 1. The van der Waals surface area contributed by atoms with Gasteiger partial charge in [-0.2, -0.15) is 0 Å². The van der Waals surface area contributed by atoms with Gasteiger partial charge in [0.25, 0.3) is 5.91 Å². The number of ketones is 1. The van der Waals surface area contributed by atoms with Gasteiger partial charge >= 0.3 is 5.97 Å². The second-order valence-electron chi connectivity index (χ2n) is 8.84. The van der Waals surface area contributed by atoms with Gasteiger partial charge in [-0.15, -0.1) is 0 Å². The summed E-state index contributed by atoms with van der Waals surface area (Å²) in [6.45, 7) is 4.17. The lowest BCUT2D eigenvalue weighted by molar-refractivity contribution is -0.143. The number of fused-ring (bicyclic) bond motifs is 2. The normalized spacial score (nSPS) is 19.3. The van der Waals surface area contributed by atoms with Crippen LogP contribution in [0.3, 0.4) is 0 Å². The van der Waals surface area contributed by atoms with Crippen LogP contribution in [0, 0.1) is 5.82 Å². The van der Waals surface area contributed by atoms with Crippen molar-refractivity contribution in [2.24, 2.45) is 0 Å². The van der Waals surface area contributed by atoms with Crippen molar-refractivity contribution in [3.8, 4) is 5.75 Å². The van der Waals surface area contributed by atoms with E-state index >= 15 is 0 Å². The molecule has 2 aliphatic rings. The number of rotatable bonds is 8. The van der Waals surface area contributed by atoms with Crippen LogP contribution in [0.4, 0.5) is 4.39 Å². The molecule has 0 aliphatic carbocycles. The van der Waals surface area contributed by atoms with Crippen molar-refractivity contribution in [2.75, 3.05) is 26.2 Å². The van der Waals surface area contributed by atoms with E-state index < -0.39 is 34.7 Å². The second-order valence-corrected chi connectivity index (χ2v) is 8.84. The van der Waals surface area contributed by atoms with E-state index in [-0.39, 0.29) is 42.8 Å². The average molecular weight is 501 g/mol. The van der Waals surface area contributed by atoms with Crippen LogP contribution in [0.25, 0.3) is 0 Å². The SMILES string of the molecule is CCOC(=O)CCCN1CCNC2C(=O)c3c(O)c(=O)c(C(=O)NCc4ccc(F)cc4)cn3CC21. The highest BCUT2D eigenvalue weighted by Crippen LogP contribution is 2.27. The van der Waals surface area contributed by atoms with E-state index in [2.05, 4.69) is 15.5 Å². The van der Waals surface area contributed by atoms with Gasteiger partial charge in [-0.3, -0.25) is 24.1 Å². The molecule has 192 valence electrons. The number of hydrogen-bond acceptors (Lipinski definition) is 8. The summed E-state index contributed by atoms with van der Waals surface area (Å²) in [5.41, 5.74) is -0.706. The van der Waals surface area contributed by atoms with Gasteiger partial charge in [0.15, 0.2) is 5.75 Å². The summed E-state index contributed by atoms with van der Waals surface area (Å²) in [4.78, 5) is 52.6. The molecule has 0 spiro atoms. The smallest absolute Gasteiger partial charge is 0.305 e. The minimum absolute atomic E-state index is 0.0584. The summed E-state index contributed by atoms with van der Waals surface area (Å²) in [5, 5.41) is 16.4. The fourth-order valence-electron chi connectivity index (χ4n) is 4.74. The number of nitrogens with one attached hydrogen (secondary N) is 2. The number of carbonyl (C=O) groups excluding carboxylic acids is 3. The molecular formula is C25H29FN4O6. The molecule has 3 N–H and O–H groups in total. The Morgan fingerprint density at radius 3 is 2.72 bits per heavy atom. The van der Waals surface area contributed by atoms with Gasteiger partial charge in [0.2, 0.25) is 11.2 Å². The maximum atomic E-state index is 13.2. The average Bonchev–Trinajstić information content (AvgIpc) is 2.86. The van der Waals surface area contributed by atoms with Crippen LogP contribution in [0.5, 0.6) is 5.75 Å². The Hall–Kier alpha value is -3.57. The van der Waals surface area contributed by atoms with Crippen molar-refractivity contribution in [3.63, 3.8) is 0 Å². The summed E-state index contributed by atoms with van der Waals surface area (Å²) in [6.07, 6.45) is 2.14. The molecule has 2 unspecified atom stereocenters. The number of benzene rings is 1. The third-order valence-electron chi connectivity index (χ3n) is 6.52. The second kappa shape index (κ2) is 11.0. The first-order chi connectivity index (χ1) is 17.3. The van der Waals surface area contributed by atoms with Crippen LogP contribution >= 0.6 is 0 Å². The Morgan fingerprint density at radius 1 is 1.25 bits per heavy atom. The van der Waals surface area contributed by atoms with Crippen LogP contribution in [0.15, 0.2) is 35.3 Å². The lowest BCUT2D eigenvalue weighted by atomic mass is 9.91. The number of carbonyl (C=O) groups is 3. The first-order valence-electron chi connectivity index (χ1n) is 12.0. The lowest BCUT2D eigenvalue weighted by Crippen LogP contribution is -2.64. The van der Waals surface area contributed by atoms with E-state index in [1.807, 2.05) is 0 Å². The number of amides is 1. The van der Waals surface area contributed by atoms with Gasteiger partial charge in [0, 0.05) is 38.8 Å². The Kier molecular flexibility index (Phi) is 7.80. The highest BCUT2D eigenvalue weighted by molar-refractivity contribution is 6.03. The van der Waals surface area contributed by atoms with E-state index in [1.165, 1.54) is 35.0 Å². The van der Waals surface area contributed by atoms with E-state index in [0.717, 1.165) is 0 Å². The number of esters is 1. The van der Waals surface area contributed by atoms with E-state index in [9.17, 15) is 28.7 Å². The van der Waals surface area contributed by atoms with Gasteiger partial charge in [-0.25, -0.2) is 4.39 Å². The van der Waals surface area contributed by atoms with Crippen LogP contribution in [-0.4, -0.2) is 70.6 Å². The molecule has 2 aliphatic heterocycles. The molecule has 3 heterocycles. The number of aromatic hydroxyl groups is 1. The summed E-state index contributed by atoms with van der Waals surface area (Å²) in [5.74, 6) is -2.56. The highest BCUT2D eigenvalue weighted by atomic mass is 19.1. The van der Waals surface area contributed by atoms with Crippen LogP contribution in [0.2, 0.25) is 0 Å². The van der Waals surface area contributed by atoms with E-state index in [4.69, 9.17) is 4.74 Å². The molecule has 0 radical (unpaired) electrons. The first-order valence-corrected chi connectivity index (χ1v) is 12.0. The molecule has 1 aromatic heterocycles. The topological polar surface area (TPSA) is 130 Å². The fourth-order valence-corrected chi connectivity index (χ4v) is 4.74. The zero-order chi connectivity index (χ0) is 25.8. The van der Waals surface area contributed by atoms with Crippen molar-refractivity contribution >= 4 is 17.7 Å². The fraction of sp³-hybridized carbons (Fsp3) is 0.440.